The van der Waals surface area contributed by atoms with Crippen molar-refractivity contribution < 1.29 is 9.13 Å². The number of nitrogens with zero attached hydrogens (tertiary/aromatic N) is 4. The van der Waals surface area contributed by atoms with E-state index in [4.69, 9.17) is 4.74 Å². The van der Waals surface area contributed by atoms with E-state index < -0.39 is 0 Å². The maximum atomic E-state index is 13.6. The van der Waals surface area contributed by atoms with Gasteiger partial charge in [-0.1, -0.05) is 24.3 Å². The molecule has 0 bridgehead atoms. The van der Waals surface area contributed by atoms with Crippen molar-refractivity contribution in [3.8, 4) is 11.4 Å². The molecule has 28 heavy (non-hydrogen) atoms. The van der Waals surface area contributed by atoms with Crippen LogP contribution in [-0.2, 0) is 6.54 Å². The fourth-order valence-electron chi connectivity index (χ4n) is 2.76. The van der Waals surface area contributed by atoms with Gasteiger partial charge in [-0.15, -0.1) is 0 Å². The predicted molar refractivity (Wildman–Crippen MR) is 108 cm³/mol. The minimum Gasteiger partial charge on any atom is -0.489 e. The molecule has 0 saturated heterocycles. The van der Waals surface area contributed by atoms with Gasteiger partial charge in [-0.2, -0.15) is 5.10 Å². The topological polar surface area (TPSA) is 54.7 Å². The molecule has 0 aliphatic carbocycles. The lowest BCUT2D eigenvalue weighted by molar-refractivity contribution is 0.270. The number of likely N-dealkylation sites (N-methyl/N-ethyl adjacent to an activating group) is 1. The number of nitrogens with one attached hydrogen (secondary N) is 1. The molecule has 0 amide bonds. The van der Waals surface area contributed by atoms with E-state index in [0.29, 0.717) is 19.7 Å². The summed E-state index contributed by atoms with van der Waals surface area (Å²) in [5.41, 5.74) is 2.12. The van der Waals surface area contributed by atoms with Crippen LogP contribution >= 0.6 is 0 Å². The molecule has 0 atom stereocenters. The van der Waals surface area contributed by atoms with Gasteiger partial charge in [0, 0.05) is 33.0 Å². The SMILES string of the molecule is CN=C(NCc1cccc(-n2cccn2)c1)N(C)CCOc1ccccc1F. The highest BCUT2D eigenvalue weighted by Crippen LogP contribution is 2.15. The Balaban J connectivity index is 1.51. The number of rotatable bonds is 7. The van der Waals surface area contributed by atoms with E-state index in [2.05, 4.69) is 27.5 Å². The number of benzene rings is 2. The summed E-state index contributed by atoms with van der Waals surface area (Å²) in [6.07, 6.45) is 3.67. The van der Waals surface area contributed by atoms with Crippen LogP contribution in [0.3, 0.4) is 0 Å². The van der Waals surface area contributed by atoms with Crippen LogP contribution in [0, 0.1) is 5.82 Å². The maximum Gasteiger partial charge on any atom is 0.193 e. The first kappa shape index (κ1) is 19.4. The van der Waals surface area contributed by atoms with Crippen LogP contribution in [0.5, 0.6) is 5.75 Å². The molecule has 0 aliphatic heterocycles. The quantitative estimate of drug-likeness (QED) is 0.505. The molecule has 0 unspecified atom stereocenters. The van der Waals surface area contributed by atoms with Crippen molar-refractivity contribution in [2.24, 2.45) is 4.99 Å². The highest BCUT2D eigenvalue weighted by molar-refractivity contribution is 5.79. The van der Waals surface area contributed by atoms with Gasteiger partial charge in [0.15, 0.2) is 17.5 Å². The van der Waals surface area contributed by atoms with E-state index in [0.717, 1.165) is 17.2 Å². The Kier molecular flexibility index (Phi) is 6.62. The molecular weight excluding hydrogens is 357 g/mol. The molecule has 0 aliphatic rings. The minimum atomic E-state index is -0.357. The van der Waals surface area contributed by atoms with Crippen LogP contribution in [0.1, 0.15) is 5.56 Å². The van der Waals surface area contributed by atoms with Gasteiger partial charge in [0.25, 0.3) is 0 Å². The van der Waals surface area contributed by atoms with E-state index in [1.165, 1.54) is 6.07 Å². The molecule has 2 aromatic carbocycles. The van der Waals surface area contributed by atoms with Crippen molar-refractivity contribution in [3.05, 3.63) is 78.4 Å². The zero-order chi connectivity index (χ0) is 19.8. The molecule has 6 nitrogen and oxygen atoms in total. The Morgan fingerprint density at radius 1 is 1.21 bits per heavy atom. The molecule has 1 heterocycles. The number of hydrogen-bond donors (Lipinski definition) is 1. The molecule has 0 spiro atoms. The molecule has 146 valence electrons. The van der Waals surface area contributed by atoms with E-state index in [1.807, 2.05) is 41.0 Å². The van der Waals surface area contributed by atoms with Gasteiger partial charge in [-0.05, 0) is 35.9 Å². The number of guanidine groups is 1. The van der Waals surface area contributed by atoms with Crippen LogP contribution in [0.4, 0.5) is 4.39 Å². The largest absolute Gasteiger partial charge is 0.489 e. The number of hydrogen-bond acceptors (Lipinski definition) is 3. The van der Waals surface area contributed by atoms with E-state index in [1.54, 1.807) is 31.4 Å². The summed E-state index contributed by atoms with van der Waals surface area (Å²) in [6, 6.07) is 16.4. The van der Waals surface area contributed by atoms with Crippen LogP contribution in [0.25, 0.3) is 5.69 Å². The molecule has 1 N–H and O–H groups in total. The second-order valence-electron chi connectivity index (χ2n) is 6.22. The van der Waals surface area contributed by atoms with Crippen molar-refractivity contribution >= 4 is 5.96 Å². The minimum absolute atomic E-state index is 0.259. The van der Waals surface area contributed by atoms with Crippen molar-refractivity contribution in [2.75, 3.05) is 27.2 Å². The third kappa shape index (κ3) is 5.09. The van der Waals surface area contributed by atoms with Gasteiger partial charge < -0.3 is 15.0 Å². The van der Waals surface area contributed by atoms with E-state index in [-0.39, 0.29) is 11.6 Å². The van der Waals surface area contributed by atoms with E-state index >= 15 is 0 Å². The Morgan fingerprint density at radius 3 is 2.82 bits per heavy atom. The first-order chi connectivity index (χ1) is 13.7. The third-order valence-electron chi connectivity index (χ3n) is 4.22. The van der Waals surface area contributed by atoms with Gasteiger partial charge in [0.2, 0.25) is 0 Å². The molecule has 0 fully saturated rings. The lowest BCUT2D eigenvalue weighted by Crippen LogP contribution is -2.40. The van der Waals surface area contributed by atoms with E-state index in [9.17, 15) is 4.39 Å². The number of ether oxygens (including phenoxy) is 1. The molecular formula is C21H24FN5O. The Bertz CT molecular complexity index is 911. The molecule has 1 aromatic heterocycles. The molecule has 0 radical (unpaired) electrons. The fourth-order valence-corrected chi connectivity index (χ4v) is 2.76. The summed E-state index contributed by atoms with van der Waals surface area (Å²) in [6.45, 7) is 1.55. The van der Waals surface area contributed by atoms with Crippen LogP contribution < -0.4 is 10.1 Å². The number of aliphatic imine (C=N–C) groups is 1. The van der Waals surface area contributed by atoms with Crippen LogP contribution in [-0.4, -0.2) is 47.9 Å². The monoisotopic (exact) mass is 381 g/mol. The smallest absolute Gasteiger partial charge is 0.193 e. The summed E-state index contributed by atoms with van der Waals surface area (Å²) in [5, 5.41) is 7.59. The lowest BCUT2D eigenvalue weighted by Gasteiger charge is -2.22. The van der Waals surface area contributed by atoms with Crippen molar-refractivity contribution in [1.82, 2.24) is 20.0 Å². The summed E-state index contributed by atoms with van der Waals surface area (Å²) in [5.74, 6) is 0.639. The molecule has 3 rings (SSSR count). The molecule has 0 saturated carbocycles. The highest BCUT2D eigenvalue weighted by atomic mass is 19.1. The average molecular weight is 381 g/mol. The number of para-hydroxylation sites is 1. The van der Waals surface area contributed by atoms with Crippen LogP contribution in [0.2, 0.25) is 0 Å². The highest BCUT2D eigenvalue weighted by Gasteiger charge is 2.08. The lowest BCUT2D eigenvalue weighted by atomic mass is 10.2. The van der Waals surface area contributed by atoms with Crippen molar-refractivity contribution in [2.45, 2.75) is 6.54 Å². The normalized spacial score (nSPS) is 11.3. The first-order valence-corrected chi connectivity index (χ1v) is 9.05. The van der Waals surface area contributed by atoms with Crippen molar-refractivity contribution in [3.63, 3.8) is 0 Å². The standard InChI is InChI=1S/C21H24FN5O/c1-23-21(26(2)13-14-28-20-10-4-3-9-19(20)22)24-16-17-7-5-8-18(15-17)27-12-6-11-25-27/h3-12,15H,13-14,16H2,1-2H3,(H,23,24). The Hall–Kier alpha value is -3.35. The second-order valence-corrected chi connectivity index (χ2v) is 6.22. The van der Waals surface area contributed by atoms with Gasteiger partial charge in [0.05, 0.1) is 12.2 Å². The zero-order valence-corrected chi connectivity index (χ0v) is 16.0. The van der Waals surface area contributed by atoms with Gasteiger partial charge in [-0.25, -0.2) is 9.07 Å². The predicted octanol–water partition coefficient (Wildman–Crippen LogP) is 3.10. The van der Waals surface area contributed by atoms with Crippen molar-refractivity contribution in [1.29, 1.82) is 0 Å². The van der Waals surface area contributed by atoms with Gasteiger partial charge in [-0.3, -0.25) is 4.99 Å². The third-order valence-corrected chi connectivity index (χ3v) is 4.22. The second kappa shape index (κ2) is 9.55. The molecule has 7 heteroatoms. The number of aromatic nitrogens is 2. The fraction of sp³-hybridized carbons (Fsp3) is 0.238. The average Bonchev–Trinajstić information content (AvgIpc) is 3.25. The summed E-state index contributed by atoms with van der Waals surface area (Å²) in [4.78, 5) is 6.25. The number of halogens is 1. The summed E-state index contributed by atoms with van der Waals surface area (Å²) >= 11 is 0. The van der Waals surface area contributed by atoms with Crippen LogP contribution in [0.15, 0.2) is 72.0 Å². The first-order valence-electron chi connectivity index (χ1n) is 9.05. The van der Waals surface area contributed by atoms with Gasteiger partial charge >= 0.3 is 0 Å². The Labute approximate surface area is 164 Å². The summed E-state index contributed by atoms with van der Waals surface area (Å²) < 4.78 is 20.9. The maximum absolute atomic E-state index is 13.6. The van der Waals surface area contributed by atoms with Gasteiger partial charge in [0.1, 0.15) is 6.61 Å². The molecule has 3 aromatic rings. The zero-order valence-electron chi connectivity index (χ0n) is 16.0. The summed E-state index contributed by atoms with van der Waals surface area (Å²) in [7, 11) is 3.65. The Morgan fingerprint density at radius 2 is 2.07 bits per heavy atom.